The molecular formula is C23H23N3O2. The molecule has 0 aromatic heterocycles. The van der Waals surface area contributed by atoms with Crippen molar-refractivity contribution in [3.8, 4) is 17.9 Å². The quantitative estimate of drug-likeness (QED) is 0.565. The molecule has 1 saturated carbocycles. The van der Waals surface area contributed by atoms with Crippen LogP contribution in [0.1, 0.15) is 40.0 Å². The largest absolute Gasteiger partial charge is 0.330 e. The Hall–Kier alpha value is -2.94. The highest BCUT2D eigenvalue weighted by molar-refractivity contribution is 6.09. The first kappa shape index (κ1) is 19.8. The molecule has 2 N–H and O–H groups in total. The molecule has 3 aliphatic carbocycles. The molecule has 0 amide bonds. The van der Waals surface area contributed by atoms with Crippen molar-refractivity contribution < 1.29 is 9.59 Å². The molecule has 0 aromatic rings. The van der Waals surface area contributed by atoms with E-state index < -0.39 is 16.2 Å². The van der Waals surface area contributed by atoms with Gasteiger partial charge >= 0.3 is 0 Å². The van der Waals surface area contributed by atoms with Crippen LogP contribution in [0.15, 0.2) is 35.1 Å². The monoisotopic (exact) mass is 373 g/mol. The van der Waals surface area contributed by atoms with Crippen LogP contribution in [0.4, 0.5) is 0 Å². The first-order valence-electron chi connectivity index (χ1n) is 9.41. The van der Waals surface area contributed by atoms with Crippen LogP contribution < -0.4 is 5.73 Å². The number of allylic oxidation sites excluding steroid dienone is 6. The molecule has 1 fully saturated rings. The zero-order valence-electron chi connectivity index (χ0n) is 16.4. The van der Waals surface area contributed by atoms with E-state index in [1.165, 1.54) is 6.08 Å². The highest BCUT2D eigenvalue weighted by atomic mass is 16.1. The van der Waals surface area contributed by atoms with Gasteiger partial charge in [0.2, 0.25) is 5.70 Å². The summed E-state index contributed by atoms with van der Waals surface area (Å²) in [6.07, 6.45) is 6.77. The molecule has 0 aromatic carbocycles. The van der Waals surface area contributed by atoms with Crippen molar-refractivity contribution in [2.45, 2.75) is 40.0 Å². The third-order valence-electron chi connectivity index (χ3n) is 6.49. The van der Waals surface area contributed by atoms with Crippen molar-refractivity contribution >= 4 is 11.6 Å². The lowest BCUT2D eigenvalue weighted by Crippen LogP contribution is -2.53. The summed E-state index contributed by atoms with van der Waals surface area (Å²) < 4.78 is 0. The number of hydrogen-bond donors (Lipinski definition) is 1. The van der Waals surface area contributed by atoms with Gasteiger partial charge in [0.25, 0.3) is 0 Å². The molecule has 28 heavy (non-hydrogen) atoms. The van der Waals surface area contributed by atoms with Crippen LogP contribution in [-0.4, -0.2) is 18.1 Å². The van der Waals surface area contributed by atoms with Crippen LogP contribution in [0.5, 0.6) is 0 Å². The second-order valence-corrected chi connectivity index (χ2v) is 8.47. The van der Waals surface area contributed by atoms with E-state index in [1.807, 2.05) is 26.8 Å². The molecule has 0 aliphatic heterocycles. The maximum atomic E-state index is 12.8. The number of Topliss-reactive ketones (excluding diaryl/α,β-unsaturated/α-hetero) is 1. The Labute approximate surface area is 165 Å². The van der Waals surface area contributed by atoms with Crippen LogP contribution in [0.3, 0.4) is 0 Å². The second kappa shape index (κ2) is 6.59. The summed E-state index contributed by atoms with van der Waals surface area (Å²) >= 11 is 0. The molecule has 0 heterocycles. The second-order valence-electron chi connectivity index (χ2n) is 8.47. The number of carbonyl (C=O) groups excluding carboxylic acids is 2. The van der Waals surface area contributed by atoms with Crippen LogP contribution in [0.25, 0.3) is 4.85 Å². The van der Waals surface area contributed by atoms with Gasteiger partial charge in [0.05, 0.1) is 17.6 Å². The van der Waals surface area contributed by atoms with Crippen molar-refractivity contribution in [1.82, 2.24) is 0 Å². The van der Waals surface area contributed by atoms with Crippen LogP contribution in [0.2, 0.25) is 0 Å². The van der Waals surface area contributed by atoms with Gasteiger partial charge in [0.1, 0.15) is 6.07 Å². The van der Waals surface area contributed by atoms with Gasteiger partial charge < -0.3 is 10.5 Å². The Bertz CT molecular complexity index is 1000. The van der Waals surface area contributed by atoms with Crippen LogP contribution >= 0.6 is 0 Å². The lowest BCUT2D eigenvalue weighted by molar-refractivity contribution is -0.130. The minimum Gasteiger partial charge on any atom is -0.330 e. The molecule has 0 radical (unpaired) electrons. The number of nitrogens with zero attached hydrogens (tertiary/aromatic N) is 2. The van der Waals surface area contributed by atoms with E-state index in [9.17, 15) is 14.9 Å². The van der Waals surface area contributed by atoms with Gasteiger partial charge in [-0.2, -0.15) is 5.26 Å². The van der Waals surface area contributed by atoms with E-state index in [4.69, 9.17) is 12.3 Å². The summed E-state index contributed by atoms with van der Waals surface area (Å²) in [6, 6.07) is 1.99. The van der Waals surface area contributed by atoms with Gasteiger partial charge in [-0.05, 0) is 36.5 Å². The topological polar surface area (TPSA) is 88.3 Å². The molecule has 142 valence electrons. The van der Waals surface area contributed by atoms with Gasteiger partial charge in [0.15, 0.2) is 11.6 Å². The highest BCUT2D eigenvalue weighted by Gasteiger charge is 2.59. The first-order chi connectivity index (χ1) is 13.2. The van der Waals surface area contributed by atoms with E-state index in [-0.39, 0.29) is 28.8 Å². The van der Waals surface area contributed by atoms with Gasteiger partial charge in [-0.3, -0.25) is 4.79 Å². The molecule has 0 saturated heterocycles. The Balaban J connectivity index is 2.28. The highest BCUT2D eigenvalue weighted by Crippen LogP contribution is 2.63. The third-order valence-corrected chi connectivity index (χ3v) is 6.49. The molecule has 0 bridgehead atoms. The average molecular weight is 373 g/mol. The van der Waals surface area contributed by atoms with E-state index in [2.05, 4.69) is 16.7 Å². The third kappa shape index (κ3) is 2.65. The number of fused-ring (bicyclic) bond motifs is 3. The summed E-state index contributed by atoms with van der Waals surface area (Å²) in [4.78, 5) is 28.9. The minimum atomic E-state index is -0.750. The van der Waals surface area contributed by atoms with Crippen molar-refractivity contribution in [2.75, 3.05) is 6.54 Å². The summed E-state index contributed by atoms with van der Waals surface area (Å²) in [5, 5.41) is 9.40. The molecule has 0 spiro atoms. The van der Waals surface area contributed by atoms with Gasteiger partial charge in [-0.1, -0.05) is 32.8 Å². The van der Waals surface area contributed by atoms with Crippen molar-refractivity contribution in [1.29, 1.82) is 5.26 Å². The predicted molar refractivity (Wildman–Crippen MR) is 105 cm³/mol. The summed E-state index contributed by atoms with van der Waals surface area (Å²) in [6.45, 7) is 13.6. The number of nitriles is 1. The Morgan fingerprint density at radius 3 is 2.64 bits per heavy atom. The Kier molecular flexibility index (Phi) is 4.66. The number of hydrogen-bond acceptors (Lipinski definition) is 4. The molecule has 3 rings (SSSR count). The number of carbonyl (C=O) groups is 2. The first-order valence-corrected chi connectivity index (χ1v) is 9.41. The van der Waals surface area contributed by atoms with Crippen molar-refractivity contribution in [3.05, 3.63) is 46.5 Å². The zero-order chi connectivity index (χ0) is 20.7. The minimum absolute atomic E-state index is 0.0569. The summed E-state index contributed by atoms with van der Waals surface area (Å²) in [5.41, 5.74) is 4.43. The lowest BCUT2D eigenvalue weighted by Gasteiger charge is -2.56. The maximum absolute atomic E-state index is 12.8. The molecule has 5 heteroatoms. The van der Waals surface area contributed by atoms with Crippen molar-refractivity contribution in [2.24, 2.45) is 27.9 Å². The van der Waals surface area contributed by atoms with Gasteiger partial charge in [0, 0.05) is 23.8 Å². The fourth-order valence-corrected chi connectivity index (χ4v) is 5.19. The Morgan fingerprint density at radius 1 is 1.32 bits per heavy atom. The fourth-order valence-electron chi connectivity index (χ4n) is 5.19. The Morgan fingerprint density at radius 2 is 2.04 bits per heavy atom. The van der Waals surface area contributed by atoms with Crippen LogP contribution in [-0.2, 0) is 9.59 Å². The maximum Gasteiger partial charge on any atom is 0.226 e. The molecular weight excluding hydrogens is 350 g/mol. The number of rotatable bonds is 1. The number of ketones is 2. The SMILES string of the molecule is [C-]#[N+]C1=CC2(C)C3=CC(=O)C(C#N)=CC3(C#CCCN)CCC2C(C)(C)C1=O. The molecule has 3 aliphatic rings. The standard InChI is InChI=1S/C23H23N3O2/c1-21(2)18-7-9-23(8-5-6-10-24)12-15(14-25)17(27)11-19(23)22(18,3)13-16(26-4)20(21)28/h11-13,18H,6-7,9-10,24H2,1-3H3. The molecule has 3 unspecified atom stereocenters. The smallest absolute Gasteiger partial charge is 0.226 e. The lowest BCUT2D eigenvalue weighted by atomic mass is 9.46. The number of nitrogens with two attached hydrogens (primary N) is 1. The zero-order valence-corrected chi connectivity index (χ0v) is 16.4. The average Bonchev–Trinajstić information content (AvgIpc) is 2.65. The molecule has 3 atom stereocenters. The summed E-state index contributed by atoms with van der Waals surface area (Å²) in [7, 11) is 0. The van der Waals surface area contributed by atoms with Crippen LogP contribution in [0, 0.1) is 51.9 Å². The fraction of sp³-hybridized carbons (Fsp3) is 0.478. The van der Waals surface area contributed by atoms with E-state index in [0.717, 1.165) is 5.57 Å². The van der Waals surface area contributed by atoms with E-state index >= 15 is 0 Å². The predicted octanol–water partition coefficient (Wildman–Crippen LogP) is 3.11. The summed E-state index contributed by atoms with van der Waals surface area (Å²) in [5.74, 6) is 5.82. The normalized spacial score (nSPS) is 32.9. The van der Waals surface area contributed by atoms with Gasteiger partial charge in [-0.15, -0.1) is 5.92 Å². The van der Waals surface area contributed by atoms with E-state index in [1.54, 1.807) is 12.2 Å². The van der Waals surface area contributed by atoms with E-state index in [0.29, 0.717) is 25.8 Å². The van der Waals surface area contributed by atoms with Crippen molar-refractivity contribution in [3.63, 3.8) is 0 Å². The van der Waals surface area contributed by atoms with Gasteiger partial charge in [-0.25, -0.2) is 4.85 Å². The molecule has 5 nitrogen and oxygen atoms in total.